The molecule has 0 spiro atoms. The Morgan fingerprint density at radius 2 is 0.688 bits per heavy atom. The van der Waals surface area contributed by atoms with Crippen molar-refractivity contribution >= 4 is 137 Å². The Hall–Kier alpha value is -10.8. The van der Waals surface area contributed by atoms with Gasteiger partial charge in [0.05, 0.1) is 79.0 Å². The van der Waals surface area contributed by atoms with Crippen LogP contribution in [-0.2, 0) is 0 Å². The summed E-state index contributed by atoms with van der Waals surface area (Å²) in [5.74, 6) is 0. The van der Waals surface area contributed by atoms with Gasteiger partial charge >= 0.3 is 0 Å². The van der Waals surface area contributed by atoms with Crippen LogP contribution in [0.25, 0.3) is 159 Å². The first-order valence-corrected chi connectivity index (χ1v) is 27.0. The molecule has 17 rings (SSSR count). The van der Waals surface area contributed by atoms with Gasteiger partial charge in [-0.15, -0.1) is 0 Å². The van der Waals surface area contributed by atoms with E-state index in [2.05, 4.69) is 222 Å². The number of para-hydroxylation sites is 4. The number of hydrogen-bond acceptors (Lipinski definition) is 3. The minimum absolute atomic E-state index is 0.332. The maximum absolute atomic E-state index is 12.7. The van der Waals surface area contributed by atoms with E-state index in [9.17, 15) is 11.8 Å². The van der Waals surface area contributed by atoms with Crippen LogP contribution in [0.15, 0.2) is 203 Å². The molecule has 0 aliphatic carbocycles. The summed E-state index contributed by atoms with van der Waals surface area (Å²) in [5.41, 5.74) is 18.1. The third kappa shape index (κ3) is 5.71. The van der Waals surface area contributed by atoms with Crippen LogP contribution in [-0.4, -0.2) is 18.3 Å². The molecule has 0 saturated carbocycles. The van der Waals surface area contributed by atoms with Gasteiger partial charge in [0.1, 0.15) is 28.4 Å². The van der Waals surface area contributed by atoms with Gasteiger partial charge in [-0.05, 0) is 125 Å². The zero-order valence-electron chi connectivity index (χ0n) is 44.0. The summed E-state index contributed by atoms with van der Waals surface area (Å²) >= 11 is 0. The molecule has 8 heteroatoms. The molecule has 17 aromatic rings. The molecule has 8 nitrogen and oxygen atoms in total. The van der Waals surface area contributed by atoms with E-state index >= 15 is 0 Å². The highest BCUT2D eigenvalue weighted by atomic mass is 16.3. The highest BCUT2D eigenvalue weighted by Crippen LogP contribution is 2.53. The summed E-state index contributed by atoms with van der Waals surface area (Å²) in [7, 11) is 0. The van der Waals surface area contributed by atoms with Gasteiger partial charge in [0.25, 0.3) is 0 Å². The van der Waals surface area contributed by atoms with Crippen LogP contribution in [0.1, 0.15) is 27.8 Å². The van der Waals surface area contributed by atoms with Crippen LogP contribution in [0.5, 0.6) is 0 Å². The fourth-order valence-electron chi connectivity index (χ4n) is 13.8. The van der Waals surface area contributed by atoms with E-state index in [1.807, 2.05) is 24.3 Å². The van der Waals surface area contributed by atoms with E-state index in [1.54, 1.807) is 0 Å². The first kappa shape index (κ1) is 44.3. The molecule has 0 amide bonds. The smallest absolute Gasteiger partial charge is 0.237 e. The summed E-state index contributed by atoms with van der Waals surface area (Å²) in [6.07, 6.45) is 0. The fraction of sp³-hybridized carbons (Fsp3) is 0.0556. The van der Waals surface area contributed by atoms with Gasteiger partial charge in [-0.2, -0.15) is 5.26 Å². The normalized spacial score (nSPS) is 12.2. The minimum atomic E-state index is 0.332. The lowest BCUT2D eigenvalue weighted by molar-refractivity contribution is 0.669. The summed E-state index contributed by atoms with van der Waals surface area (Å²) in [4.78, 5) is 4.83. The third-order valence-corrected chi connectivity index (χ3v) is 17.0. The summed E-state index contributed by atoms with van der Waals surface area (Å²) in [5, 5.41) is 25.0. The number of furan rings is 2. The van der Waals surface area contributed by atoms with Gasteiger partial charge in [0, 0.05) is 64.6 Å². The second-order valence-electron chi connectivity index (χ2n) is 21.7. The van der Waals surface area contributed by atoms with Crippen LogP contribution >= 0.6 is 0 Å². The Morgan fingerprint density at radius 1 is 0.338 bits per heavy atom. The van der Waals surface area contributed by atoms with Crippen molar-refractivity contribution in [1.29, 1.82) is 5.26 Å². The van der Waals surface area contributed by atoms with Gasteiger partial charge in [0.2, 0.25) is 5.69 Å². The predicted molar refractivity (Wildman–Crippen MR) is 328 cm³/mol. The van der Waals surface area contributed by atoms with E-state index in [0.29, 0.717) is 34.0 Å². The van der Waals surface area contributed by atoms with Crippen molar-refractivity contribution in [2.24, 2.45) is 0 Å². The van der Waals surface area contributed by atoms with E-state index in [-0.39, 0.29) is 0 Å². The first-order valence-electron chi connectivity index (χ1n) is 27.0. The van der Waals surface area contributed by atoms with E-state index in [4.69, 9.17) is 13.7 Å². The number of benzene rings is 11. The highest BCUT2D eigenvalue weighted by Gasteiger charge is 2.35. The van der Waals surface area contributed by atoms with Crippen LogP contribution < -0.4 is 0 Å². The second-order valence-corrected chi connectivity index (χ2v) is 21.7. The number of hydrogen-bond donors (Lipinski definition) is 0. The molecule has 6 heterocycles. The van der Waals surface area contributed by atoms with Crippen molar-refractivity contribution in [3.8, 4) is 28.8 Å². The summed E-state index contributed by atoms with van der Waals surface area (Å²) in [6, 6.07) is 71.3. The zero-order valence-corrected chi connectivity index (χ0v) is 44.0. The Kier molecular flexibility index (Phi) is 8.81. The fourth-order valence-corrected chi connectivity index (χ4v) is 13.8. The second kappa shape index (κ2) is 15.9. The van der Waals surface area contributed by atoms with Gasteiger partial charge in [0.15, 0.2) is 0 Å². The SMILES string of the molecule is [C-]#[N+]c1c(-n2c3ccc(C)cc3c3cc(C)ccc32)c(C#N)c(-n2c3ccccc3c3c4c(ccc32)oc2ccccc24)c(-n2c3ccc(C)cc3c3cc(C)ccc32)c1-n1c2ccccc2c2c3c(ccc21)oc1ccccc13. The standard InChI is InChI=1S/C72H44N6O2/c1-39-22-26-54-47(34-39)48-35-40(2)23-27-55(48)75(54)69-51(38-73)70(77-52-18-10-6-14-43(52)64-58(77)30-32-62-66(64)45-16-8-12-20-60(45)79-62)72(76-56-28-24-41(3)36-49(56)50-37-42(4)25-29-57(50)76)71(68(69)74-5)78-53-19-11-7-15-44(53)65-59(78)31-33-63-67(65)46-17-9-13-21-61(46)80-63/h6-37H,1-4H3. The lowest BCUT2D eigenvalue weighted by Gasteiger charge is -2.27. The molecule has 6 aromatic heterocycles. The Labute approximate surface area is 456 Å². The molecule has 0 saturated heterocycles. The Morgan fingerprint density at radius 3 is 1.11 bits per heavy atom. The molecule has 0 aliphatic heterocycles. The maximum atomic E-state index is 12.7. The molecule has 0 aliphatic rings. The third-order valence-electron chi connectivity index (χ3n) is 17.0. The van der Waals surface area contributed by atoms with Crippen molar-refractivity contribution in [1.82, 2.24) is 18.3 Å². The van der Waals surface area contributed by atoms with Crippen molar-refractivity contribution < 1.29 is 8.83 Å². The topological polar surface area (TPSA) is 74.2 Å². The van der Waals surface area contributed by atoms with Crippen LogP contribution in [0.3, 0.4) is 0 Å². The van der Waals surface area contributed by atoms with E-state index < -0.39 is 0 Å². The summed E-state index contributed by atoms with van der Waals surface area (Å²) in [6.45, 7) is 18.4. The molecule has 0 fully saturated rings. The van der Waals surface area contributed by atoms with Crippen LogP contribution in [0.4, 0.5) is 5.69 Å². The predicted octanol–water partition coefficient (Wildman–Crippen LogP) is 19.5. The number of rotatable bonds is 4. The number of nitriles is 1. The van der Waals surface area contributed by atoms with Gasteiger partial charge in [-0.3, -0.25) is 0 Å². The molecule has 0 N–H and O–H groups in total. The average Bonchev–Trinajstić information content (AvgIpc) is 4.48. The molecule has 374 valence electrons. The molecule has 0 unspecified atom stereocenters. The first-order chi connectivity index (χ1) is 39.3. The number of nitrogens with zero attached hydrogens (tertiary/aromatic N) is 6. The molecule has 0 radical (unpaired) electrons. The molecule has 11 aromatic carbocycles. The zero-order chi connectivity index (χ0) is 53.4. The maximum Gasteiger partial charge on any atom is 0.237 e. The quantitative estimate of drug-likeness (QED) is 0.165. The lowest BCUT2D eigenvalue weighted by Crippen LogP contribution is -2.14. The highest BCUT2D eigenvalue weighted by molar-refractivity contribution is 6.30. The van der Waals surface area contributed by atoms with Crippen molar-refractivity contribution in [3.63, 3.8) is 0 Å². The van der Waals surface area contributed by atoms with Crippen LogP contribution in [0, 0.1) is 45.6 Å². The minimum Gasteiger partial charge on any atom is -0.456 e. The number of fused-ring (bicyclic) bond motifs is 20. The van der Waals surface area contributed by atoms with Crippen LogP contribution in [0.2, 0.25) is 0 Å². The number of aryl methyl sites for hydroxylation is 4. The Bertz CT molecular complexity index is 5410. The Balaban J connectivity index is 1.20. The van der Waals surface area contributed by atoms with Crippen molar-refractivity contribution in [2.75, 3.05) is 0 Å². The molecule has 0 atom stereocenters. The van der Waals surface area contributed by atoms with Gasteiger partial charge < -0.3 is 27.1 Å². The molecule has 0 bridgehead atoms. The molecular weight excluding hydrogens is 981 g/mol. The molecular formula is C72H44N6O2. The van der Waals surface area contributed by atoms with E-state index in [1.165, 1.54) is 0 Å². The summed E-state index contributed by atoms with van der Waals surface area (Å²) < 4.78 is 22.5. The monoisotopic (exact) mass is 1020 g/mol. The van der Waals surface area contributed by atoms with Crippen molar-refractivity contribution in [3.05, 3.63) is 233 Å². The van der Waals surface area contributed by atoms with Crippen molar-refractivity contribution in [2.45, 2.75) is 27.7 Å². The molecule has 80 heavy (non-hydrogen) atoms. The van der Waals surface area contributed by atoms with Gasteiger partial charge in [-0.25, -0.2) is 4.85 Å². The number of aromatic nitrogens is 4. The lowest BCUT2D eigenvalue weighted by atomic mass is 10.0. The van der Waals surface area contributed by atoms with E-state index in [0.717, 1.165) is 153 Å². The van der Waals surface area contributed by atoms with Gasteiger partial charge in [-0.1, -0.05) is 119 Å². The average molecular weight is 1030 g/mol. The largest absolute Gasteiger partial charge is 0.456 e.